The van der Waals surface area contributed by atoms with Crippen LogP contribution < -0.4 is 5.56 Å². The summed E-state index contributed by atoms with van der Waals surface area (Å²) in [5.41, 5.74) is 1.85. The van der Waals surface area contributed by atoms with Gasteiger partial charge in [-0.05, 0) is 53.4 Å². The quantitative estimate of drug-likeness (QED) is 0.804. The Hall–Kier alpha value is -1.20. The summed E-state index contributed by atoms with van der Waals surface area (Å²) >= 11 is 3.53. The van der Waals surface area contributed by atoms with Gasteiger partial charge in [0.2, 0.25) is 0 Å². The van der Waals surface area contributed by atoms with Gasteiger partial charge in [0.25, 0.3) is 5.56 Å². The third-order valence-corrected chi connectivity index (χ3v) is 4.50. The Morgan fingerprint density at radius 2 is 2.05 bits per heavy atom. The Bertz CT molecular complexity index is 718. The second-order valence-electron chi connectivity index (χ2n) is 5.36. The van der Waals surface area contributed by atoms with Crippen molar-refractivity contribution >= 4 is 26.8 Å². The minimum absolute atomic E-state index is 0.0286. The molecular formula is C15H17BrN2O2. The molecule has 2 aromatic rings. The van der Waals surface area contributed by atoms with E-state index < -0.39 is 0 Å². The highest BCUT2D eigenvalue weighted by Crippen LogP contribution is 2.28. The van der Waals surface area contributed by atoms with Gasteiger partial charge in [-0.25, -0.2) is 4.98 Å². The number of aryl methyl sites for hydroxylation is 1. The highest BCUT2D eigenvalue weighted by Gasteiger charge is 2.21. The lowest BCUT2D eigenvalue weighted by atomic mass is 9.99. The van der Waals surface area contributed by atoms with Gasteiger partial charge >= 0.3 is 0 Å². The fourth-order valence-electron chi connectivity index (χ4n) is 2.81. The van der Waals surface area contributed by atoms with E-state index in [1.807, 2.05) is 26.1 Å². The van der Waals surface area contributed by atoms with Crippen LogP contribution in [-0.4, -0.2) is 22.8 Å². The van der Waals surface area contributed by atoms with Crippen LogP contribution in [0.4, 0.5) is 0 Å². The van der Waals surface area contributed by atoms with Gasteiger partial charge in [0.15, 0.2) is 0 Å². The van der Waals surface area contributed by atoms with Gasteiger partial charge in [0, 0.05) is 30.7 Å². The van der Waals surface area contributed by atoms with E-state index >= 15 is 0 Å². The van der Waals surface area contributed by atoms with E-state index in [4.69, 9.17) is 9.72 Å². The first-order chi connectivity index (χ1) is 9.58. The van der Waals surface area contributed by atoms with Crippen molar-refractivity contribution in [2.24, 2.45) is 7.05 Å². The predicted octanol–water partition coefficient (Wildman–Crippen LogP) is 2.90. The molecule has 0 N–H and O–H groups in total. The average Bonchev–Trinajstić information content (AvgIpc) is 2.44. The molecule has 0 radical (unpaired) electrons. The van der Waals surface area contributed by atoms with Crippen molar-refractivity contribution in [3.63, 3.8) is 0 Å². The summed E-state index contributed by atoms with van der Waals surface area (Å²) in [6, 6.07) is 3.91. The molecule has 0 aliphatic carbocycles. The molecule has 0 bridgehead atoms. The lowest BCUT2D eigenvalue weighted by Gasteiger charge is -2.23. The third kappa shape index (κ3) is 2.29. The maximum Gasteiger partial charge on any atom is 0.261 e. The summed E-state index contributed by atoms with van der Waals surface area (Å²) in [6.45, 7) is 3.47. The highest BCUT2D eigenvalue weighted by molar-refractivity contribution is 9.10. The van der Waals surface area contributed by atoms with Crippen molar-refractivity contribution in [1.82, 2.24) is 9.55 Å². The third-order valence-electron chi connectivity index (χ3n) is 3.90. The van der Waals surface area contributed by atoms with E-state index in [9.17, 15) is 4.79 Å². The van der Waals surface area contributed by atoms with Crippen molar-refractivity contribution in [3.8, 4) is 0 Å². The summed E-state index contributed by atoms with van der Waals surface area (Å²) in [5.74, 6) is 1.18. The van der Waals surface area contributed by atoms with E-state index in [0.29, 0.717) is 11.3 Å². The van der Waals surface area contributed by atoms with Crippen LogP contribution in [0.15, 0.2) is 21.4 Å². The molecule has 1 saturated heterocycles. The van der Waals surface area contributed by atoms with Crippen LogP contribution >= 0.6 is 15.9 Å². The average molecular weight is 337 g/mol. The predicted molar refractivity (Wildman–Crippen MR) is 82.2 cm³/mol. The Morgan fingerprint density at radius 3 is 2.75 bits per heavy atom. The molecule has 0 spiro atoms. The molecule has 1 aliphatic rings. The highest BCUT2D eigenvalue weighted by atomic mass is 79.9. The van der Waals surface area contributed by atoms with Gasteiger partial charge in [0.1, 0.15) is 5.82 Å². The molecule has 4 nitrogen and oxygen atoms in total. The molecule has 1 aliphatic heterocycles. The van der Waals surface area contributed by atoms with Crippen LogP contribution in [0.1, 0.15) is 30.1 Å². The summed E-state index contributed by atoms with van der Waals surface area (Å²) in [5, 5.41) is 0.676. The number of ether oxygens (including phenoxy) is 1. The maximum absolute atomic E-state index is 12.6. The molecule has 1 aromatic carbocycles. The van der Waals surface area contributed by atoms with E-state index in [1.54, 1.807) is 4.57 Å². The number of hydrogen-bond donors (Lipinski definition) is 0. The molecule has 5 heteroatoms. The zero-order valence-electron chi connectivity index (χ0n) is 11.6. The molecule has 0 unspecified atom stereocenters. The number of hydrogen-bond acceptors (Lipinski definition) is 3. The van der Waals surface area contributed by atoms with Crippen molar-refractivity contribution in [1.29, 1.82) is 0 Å². The Kier molecular flexibility index (Phi) is 3.65. The lowest BCUT2D eigenvalue weighted by Crippen LogP contribution is -2.27. The smallest absolute Gasteiger partial charge is 0.261 e. The molecule has 20 heavy (non-hydrogen) atoms. The summed E-state index contributed by atoms with van der Waals surface area (Å²) in [7, 11) is 1.82. The Labute approximate surface area is 125 Å². The van der Waals surface area contributed by atoms with Crippen LogP contribution in [0.2, 0.25) is 0 Å². The van der Waals surface area contributed by atoms with Crippen LogP contribution in [0.3, 0.4) is 0 Å². The van der Waals surface area contributed by atoms with E-state index in [-0.39, 0.29) is 5.56 Å². The van der Waals surface area contributed by atoms with Crippen LogP contribution in [0.5, 0.6) is 0 Å². The van der Waals surface area contributed by atoms with Crippen molar-refractivity contribution in [2.45, 2.75) is 25.7 Å². The molecule has 1 aromatic heterocycles. The first kappa shape index (κ1) is 13.8. The van der Waals surface area contributed by atoms with E-state index in [1.165, 1.54) is 0 Å². The molecule has 3 rings (SSSR count). The summed E-state index contributed by atoms with van der Waals surface area (Å²) in [6.07, 6.45) is 1.85. The number of benzene rings is 1. The monoisotopic (exact) mass is 336 g/mol. The maximum atomic E-state index is 12.6. The van der Waals surface area contributed by atoms with E-state index in [0.717, 1.165) is 47.4 Å². The normalized spacial score (nSPS) is 16.8. The number of fused-ring (bicyclic) bond motifs is 1. The number of nitrogens with zero attached hydrogens (tertiary/aromatic N) is 2. The Balaban J connectivity index is 2.24. The van der Waals surface area contributed by atoms with Crippen molar-refractivity contribution in [3.05, 3.63) is 38.3 Å². The number of aromatic nitrogens is 2. The van der Waals surface area contributed by atoms with Gasteiger partial charge in [-0.1, -0.05) is 0 Å². The summed E-state index contributed by atoms with van der Waals surface area (Å²) in [4.78, 5) is 17.3. The zero-order valence-corrected chi connectivity index (χ0v) is 13.2. The molecular weight excluding hydrogens is 320 g/mol. The van der Waals surface area contributed by atoms with Crippen LogP contribution in [0, 0.1) is 6.92 Å². The zero-order chi connectivity index (χ0) is 14.3. The van der Waals surface area contributed by atoms with Crippen LogP contribution in [0.25, 0.3) is 10.9 Å². The summed E-state index contributed by atoms with van der Waals surface area (Å²) < 4.78 is 7.98. The first-order valence-corrected chi connectivity index (χ1v) is 7.61. The topological polar surface area (TPSA) is 44.1 Å². The standard InChI is InChI=1S/C15H17BrN2O2/c1-9-7-11-13(12(16)8-9)17-14(18(2)15(11)19)10-3-5-20-6-4-10/h7-8,10H,3-6H2,1-2H3. The van der Waals surface area contributed by atoms with Gasteiger partial charge in [0.05, 0.1) is 10.9 Å². The molecule has 0 amide bonds. The fraction of sp³-hybridized carbons (Fsp3) is 0.467. The lowest BCUT2D eigenvalue weighted by molar-refractivity contribution is 0.0828. The largest absolute Gasteiger partial charge is 0.381 e. The first-order valence-electron chi connectivity index (χ1n) is 6.82. The second-order valence-corrected chi connectivity index (χ2v) is 6.22. The molecule has 106 valence electrons. The van der Waals surface area contributed by atoms with Gasteiger partial charge in [-0.2, -0.15) is 0 Å². The second kappa shape index (κ2) is 5.30. The Morgan fingerprint density at radius 1 is 1.35 bits per heavy atom. The van der Waals surface area contributed by atoms with Gasteiger partial charge < -0.3 is 4.74 Å². The minimum atomic E-state index is 0.0286. The molecule has 1 fully saturated rings. The molecule has 0 atom stereocenters. The van der Waals surface area contributed by atoms with Gasteiger partial charge in [-0.15, -0.1) is 0 Å². The van der Waals surface area contributed by atoms with Crippen molar-refractivity contribution in [2.75, 3.05) is 13.2 Å². The van der Waals surface area contributed by atoms with E-state index in [2.05, 4.69) is 15.9 Å². The number of rotatable bonds is 1. The molecule has 2 heterocycles. The van der Waals surface area contributed by atoms with Gasteiger partial charge in [-0.3, -0.25) is 9.36 Å². The number of halogens is 1. The van der Waals surface area contributed by atoms with Crippen molar-refractivity contribution < 1.29 is 4.74 Å². The van der Waals surface area contributed by atoms with Crippen LogP contribution in [-0.2, 0) is 11.8 Å². The SMILES string of the molecule is Cc1cc(Br)c2nc(C3CCOCC3)n(C)c(=O)c2c1. The minimum Gasteiger partial charge on any atom is -0.381 e. The fourth-order valence-corrected chi connectivity index (χ4v) is 3.47. The molecule has 0 saturated carbocycles.